The number of aromatic nitrogens is 2. The van der Waals surface area contributed by atoms with Crippen LogP contribution >= 0.6 is 27.3 Å². The van der Waals surface area contributed by atoms with E-state index >= 15 is 0 Å². The number of nitrogens with zero attached hydrogens (tertiary/aromatic N) is 2. The molecule has 0 aliphatic carbocycles. The van der Waals surface area contributed by atoms with Crippen molar-refractivity contribution in [3.8, 4) is 0 Å². The van der Waals surface area contributed by atoms with Gasteiger partial charge in [-0.2, -0.15) is 16.4 Å². The highest BCUT2D eigenvalue weighted by molar-refractivity contribution is 9.10. The van der Waals surface area contributed by atoms with Crippen molar-refractivity contribution in [2.45, 2.75) is 39.8 Å². The van der Waals surface area contributed by atoms with Gasteiger partial charge in [0.2, 0.25) is 0 Å². The van der Waals surface area contributed by atoms with E-state index in [-0.39, 0.29) is 0 Å². The van der Waals surface area contributed by atoms with Gasteiger partial charge in [-0.1, -0.05) is 6.92 Å². The minimum atomic E-state index is 0.867. The number of thiophene rings is 1. The van der Waals surface area contributed by atoms with Gasteiger partial charge in [0.05, 0.1) is 15.9 Å². The summed E-state index contributed by atoms with van der Waals surface area (Å²) in [6, 6.07) is 2.19. The third-order valence-corrected chi connectivity index (χ3v) is 4.80. The van der Waals surface area contributed by atoms with Gasteiger partial charge in [-0.25, -0.2) is 0 Å². The lowest BCUT2D eigenvalue weighted by molar-refractivity contribution is 0.577. The molecule has 2 aromatic rings. The van der Waals surface area contributed by atoms with Gasteiger partial charge in [-0.15, -0.1) is 0 Å². The minimum Gasteiger partial charge on any atom is -0.311 e. The lowest BCUT2D eigenvalue weighted by Crippen LogP contribution is -2.19. The van der Waals surface area contributed by atoms with Gasteiger partial charge in [0, 0.05) is 13.1 Å². The van der Waals surface area contributed by atoms with E-state index in [0.29, 0.717) is 0 Å². The van der Waals surface area contributed by atoms with Crippen LogP contribution < -0.4 is 5.32 Å². The van der Waals surface area contributed by atoms with Gasteiger partial charge in [-0.05, 0) is 64.6 Å². The van der Waals surface area contributed by atoms with Crippen molar-refractivity contribution in [3.63, 3.8) is 0 Å². The molecule has 0 radical (unpaired) electrons. The lowest BCUT2D eigenvalue weighted by atomic mass is 10.2. The van der Waals surface area contributed by atoms with Crippen LogP contribution in [0.15, 0.2) is 21.3 Å². The maximum atomic E-state index is 4.61. The number of aryl methyl sites for hydroxylation is 2. The monoisotopic (exact) mass is 341 g/mol. The average Bonchev–Trinajstić information content (AvgIpc) is 3.03. The molecule has 0 saturated heterocycles. The van der Waals surface area contributed by atoms with E-state index in [1.54, 1.807) is 11.3 Å². The Hall–Kier alpha value is -0.650. The Morgan fingerprint density at radius 1 is 1.42 bits per heavy atom. The van der Waals surface area contributed by atoms with Crippen molar-refractivity contribution in [1.82, 2.24) is 15.1 Å². The van der Waals surface area contributed by atoms with Crippen LogP contribution in [0.1, 0.15) is 30.8 Å². The zero-order chi connectivity index (χ0) is 13.7. The van der Waals surface area contributed by atoms with Crippen molar-refractivity contribution in [3.05, 3.63) is 38.3 Å². The Kier molecular flexibility index (Phi) is 5.60. The standard InChI is InChI=1S/C14H20BrN3S/c1-3-12-14(15)13(18(4-2)17-12)9-16-7-5-11-6-8-19-10-11/h6,8,10,16H,3-5,7,9H2,1-2H3. The first-order chi connectivity index (χ1) is 9.26. The van der Waals surface area contributed by atoms with E-state index in [1.165, 1.54) is 15.7 Å². The van der Waals surface area contributed by atoms with Gasteiger partial charge in [0.25, 0.3) is 0 Å². The molecule has 0 spiro atoms. The normalized spacial score (nSPS) is 11.1. The van der Waals surface area contributed by atoms with E-state index in [0.717, 1.165) is 38.2 Å². The van der Waals surface area contributed by atoms with Crippen molar-refractivity contribution >= 4 is 27.3 Å². The van der Waals surface area contributed by atoms with Crippen LogP contribution in [0.2, 0.25) is 0 Å². The average molecular weight is 342 g/mol. The quantitative estimate of drug-likeness (QED) is 0.779. The summed E-state index contributed by atoms with van der Waals surface area (Å²) >= 11 is 5.43. The summed E-state index contributed by atoms with van der Waals surface area (Å²) in [5.74, 6) is 0. The highest BCUT2D eigenvalue weighted by Gasteiger charge is 2.12. The summed E-state index contributed by atoms with van der Waals surface area (Å²) in [6.07, 6.45) is 2.05. The largest absolute Gasteiger partial charge is 0.311 e. The van der Waals surface area contributed by atoms with Crippen LogP contribution in [-0.4, -0.2) is 16.3 Å². The van der Waals surface area contributed by atoms with E-state index in [1.807, 2.05) is 0 Å². The van der Waals surface area contributed by atoms with E-state index in [2.05, 4.69) is 61.7 Å². The summed E-state index contributed by atoms with van der Waals surface area (Å²) in [4.78, 5) is 0. The predicted molar refractivity (Wildman–Crippen MR) is 84.7 cm³/mol. The van der Waals surface area contributed by atoms with Crippen LogP contribution in [0.3, 0.4) is 0 Å². The number of rotatable bonds is 7. The Balaban J connectivity index is 1.90. The summed E-state index contributed by atoms with van der Waals surface area (Å²) < 4.78 is 3.25. The molecule has 2 rings (SSSR count). The molecule has 0 amide bonds. The molecule has 0 aromatic carbocycles. The summed E-state index contributed by atoms with van der Waals surface area (Å²) in [5, 5.41) is 12.5. The zero-order valence-electron chi connectivity index (χ0n) is 11.4. The van der Waals surface area contributed by atoms with Crippen molar-refractivity contribution in [1.29, 1.82) is 0 Å². The zero-order valence-corrected chi connectivity index (χ0v) is 13.9. The van der Waals surface area contributed by atoms with E-state index in [9.17, 15) is 0 Å². The maximum Gasteiger partial charge on any atom is 0.0767 e. The van der Waals surface area contributed by atoms with Crippen LogP contribution in [-0.2, 0) is 25.9 Å². The highest BCUT2D eigenvalue weighted by atomic mass is 79.9. The fourth-order valence-corrected chi connectivity index (χ4v) is 3.47. The Morgan fingerprint density at radius 3 is 2.89 bits per heavy atom. The molecular weight excluding hydrogens is 322 g/mol. The number of hydrogen-bond donors (Lipinski definition) is 1. The van der Waals surface area contributed by atoms with Crippen molar-refractivity contribution in [2.24, 2.45) is 0 Å². The van der Waals surface area contributed by atoms with E-state index < -0.39 is 0 Å². The first-order valence-corrected chi connectivity index (χ1v) is 8.45. The van der Waals surface area contributed by atoms with Crippen LogP contribution in [0.5, 0.6) is 0 Å². The fraction of sp³-hybridized carbons (Fsp3) is 0.500. The smallest absolute Gasteiger partial charge is 0.0767 e. The van der Waals surface area contributed by atoms with Gasteiger partial charge in [-0.3, -0.25) is 4.68 Å². The molecular formula is C14H20BrN3S. The third kappa shape index (κ3) is 3.68. The first-order valence-electron chi connectivity index (χ1n) is 6.72. The molecule has 1 N–H and O–H groups in total. The molecule has 0 aliphatic heterocycles. The molecule has 3 nitrogen and oxygen atoms in total. The Morgan fingerprint density at radius 2 is 2.26 bits per heavy atom. The second-order valence-corrected chi connectivity index (χ2v) is 6.01. The Bertz CT molecular complexity index is 505. The molecule has 0 atom stereocenters. The third-order valence-electron chi connectivity index (χ3n) is 3.16. The minimum absolute atomic E-state index is 0.867. The molecule has 0 aliphatic rings. The number of halogens is 1. The molecule has 2 aromatic heterocycles. The van der Waals surface area contributed by atoms with Gasteiger partial charge < -0.3 is 5.32 Å². The molecule has 0 saturated carbocycles. The van der Waals surface area contributed by atoms with Gasteiger partial charge in [0.15, 0.2) is 0 Å². The van der Waals surface area contributed by atoms with Crippen LogP contribution in [0.4, 0.5) is 0 Å². The summed E-state index contributed by atoms with van der Waals surface area (Å²) in [7, 11) is 0. The Labute approximate surface area is 127 Å². The van der Waals surface area contributed by atoms with Crippen molar-refractivity contribution < 1.29 is 0 Å². The summed E-state index contributed by atoms with van der Waals surface area (Å²) in [6.45, 7) is 7.06. The van der Waals surface area contributed by atoms with Crippen molar-refractivity contribution in [2.75, 3.05) is 6.54 Å². The molecule has 19 heavy (non-hydrogen) atoms. The topological polar surface area (TPSA) is 29.9 Å². The van der Waals surface area contributed by atoms with Gasteiger partial charge >= 0.3 is 0 Å². The SMILES string of the molecule is CCc1nn(CC)c(CNCCc2ccsc2)c1Br. The maximum absolute atomic E-state index is 4.61. The highest BCUT2D eigenvalue weighted by Crippen LogP contribution is 2.22. The van der Waals surface area contributed by atoms with Crippen LogP contribution in [0, 0.1) is 0 Å². The second kappa shape index (κ2) is 7.22. The predicted octanol–water partition coefficient (Wildman–Crippen LogP) is 3.62. The van der Waals surface area contributed by atoms with E-state index in [4.69, 9.17) is 0 Å². The molecule has 2 heterocycles. The second-order valence-electron chi connectivity index (χ2n) is 4.44. The molecule has 0 fully saturated rings. The molecule has 104 valence electrons. The number of hydrogen-bond acceptors (Lipinski definition) is 3. The lowest BCUT2D eigenvalue weighted by Gasteiger charge is -2.07. The first kappa shape index (κ1) is 14.8. The molecule has 0 bridgehead atoms. The molecule has 5 heteroatoms. The number of nitrogens with one attached hydrogen (secondary N) is 1. The summed E-state index contributed by atoms with van der Waals surface area (Å²) in [5.41, 5.74) is 3.82. The fourth-order valence-electron chi connectivity index (χ4n) is 2.06. The van der Waals surface area contributed by atoms with Crippen LogP contribution in [0.25, 0.3) is 0 Å². The molecule has 0 unspecified atom stereocenters. The van der Waals surface area contributed by atoms with Gasteiger partial charge in [0.1, 0.15) is 0 Å².